The molecule has 2 fully saturated rings. The van der Waals surface area contributed by atoms with Crippen molar-refractivity contribution in [2.45, 2.75) is 31.9 Å². The van der Waals surface area contributed by atoms with Crippen molar-refractivity contribution in [2.75, 3.05) is 39.0 Å². The second-order valence-corrected chi connectivity index (χ2v) is 7.42. The van der Waals surface area contributed by atoms with Crippen molar-refractivity contribution >= 4 is 16.1 Å². The number of carbonyl (C=O) groups is 1. The number of nitrogens with one attached hydrogen (secondary N) is 1. The molecule has 0 aromatic heterocycles. The Labute approximate surface area is 120 Å². The number of ether oxygens (including phenoxy) is 1. The fraction of sp³-hybridized carbons (Fsp3) is 0.917. The van der Waals surface area contributed by atoms with Gasteiger partial charge in [0, 0.05) is 32.8 Å². The van der Waals surface area contributed by atoms with Crippen LogP contribution in [-0.4, -0.2) is 74.8 Å². The van der Waals surface area contributed by atoms with E-state index < -0.39 is 10.0 Å². The minimum Gasteiger partial charge on any atom is -0.376 e. The molecule has 0 saturated carbocycles. The molecule has 2 saturated heterocycles. The van der Waals surface area contributed by atoms with E-state index in [-0.39, 0.29) is 18.2 Å². The molecule has 2 rings (SSSR count). The van der Waals surface area contributed by atoms with Crippen LogP contribution in [-0.2, 0) is 14.8 Å². The lowest BCUT2D eigenvalue weighted by Gasteiger charge is -2.34. The van der Waals surface area contributed by atoms with Gasteiger partial charge in [-0.25, -0.2) is 13.2 Å². The van der Waals surface area contributed by atoms with Gasteiger partial charge in [0.1, 0.15) is 0 Å². The SMILES string of the molecule is C[C@H](NC(=O)N1CCN(S(C)(=O)=O)CC1)[C@H]1CCCO1. The predicted octanol–water partition coefficient (Wildman–Crippen LogP) is -0.159. The van der Waals surface area contributed by atoms with Gasteiger partial charge in [0.2, 0.25) is 10.0 Å². The molecule has 2 aliphatic heterocycles. The van der Waals surface area contributed by atoms with Crippen molar-refractivity contribution in [1.29, 1.82) is 0 Å². The third-order valence-corrected chi connectivity index (χ3v) is 5.17. The molecular formula is C12H23N3O4S. The van der Waals surface area contributed by atoms with Gasteiger partial charge >= 0.3 is 6.03 Å². The summed E-state index contributed by atoms with van der Waals surface area (Å²) >= 11 is 0. The summed E-state index contributed by atoms with van der Waals surface area (Å²) in [5.41, 5.74) is 0. The molecule has 0 spiro atoms. The first-order valence-corrected chi connectivity index (χ1v) is 8.85. The van der Waals surface area contributed by atoms with Crippen LogP contribution < -0.4 is 5.32 Å². The summed E-state index contributed by atoms with van der Waals surface area (Å²) in [6, 6.07) is -0.154. The molecule has 116 valence electrons. The van der Waals surface area contributed by atoms with Gasteiger partial charge < -0.3 is 15.0 Å². The lowest BCUT2D eigenvalue weighted by molar-refractivity contribution is 0.0821. The number of sulfonamides is 1. The Bertz CT molecular complexity index is 440. The second-order valence-electron chi connectivity index (χ2n) is 5.44. The van der Waals surface area contributed by atoms with Crippen LogP contribution in [0, 0.1) is 0 Å². The van der Waals surface area contributed by atoms with Gasteiger partial charge in [-0.1, -0.05) is 0 Å². The van der Waals surface area contributed by atoms with Crippen molar-refractivity contribution in [2.24, 2.45) is 0 Å². The Kier molecular flexibility index (Phi) is 4.87. The number of carbonyl (C=O) groups excluding carboxylic acids is 1. The zero-order chi connectivity index (χ0) is 14.8. The van der Waals surface area contributed by atoms with E-state index in [4.69, 9.17) is 4.74 Å². The molecule has 0 bridgehead atoms. The summed E-state index contributed by atoms with van der Waals surface area (Å²) < 4.78 is 29.8. The zero-order valence-electron chi connectivity index (χ0n) is 12.0. The van der Waals surface area contributed by atoms with Crippen molar-refractivity contribution in [1.82, 2.24) is 14.5 Å². The highest BCUT2D eigenvalue weighted by Gasteiger charge is 2.29. The maximum absolute atomic E-state index is 12.1. The van der Waals surface area contributed by atoms with Gasteiger partial charge in [0.05, 0.1) is 18.4 Å². The molecule has 0 aliphatic carbocycles. The molecule has 2 heterocycles. The summed E-state index contributed by atoms with van der Waals surface area (Å²) in [6.45, 7) is 4.29. The second kappa shape index (κ2) is 6.28. The predicted molar refractivity (Wildman–Crippen MR) is 75.0 cm³/mol. The number of piperazine rings is 1. The molecule has 2 amide bonds. The van der Waals surface area contributed by atoms with E-state index in [1.807, 2.05) is 6.92 Å². The van der Waals surface area contributed by atoms with E-state index in [0.29, 0.717) is 26.2 Å². The van der Waals surface area contributed by atoms with E-state index in [1.54, 1.807) is 4.90 Å². The Balaban J connectivity index is 1.79. The van der Waals surface area contributed by atoms with E-state index in [1.165, 1.54) is 10.6 Å². The molecule has 2 atom stereocenters. The highest BCUT2D eigenvalue weighted by Crippen LogP contribution is 2.15. The topological polar surface area (TPSA) is 79.0 Å². The van der Waals surface area contributed by atoms with Gasteiger partial charge in [0.15, 0.2) is 0 Å². The lowest BCUT2D eigenvalue weighted by Crippen LogP contribution is -2.55. The first-order valence-electron chi connectivity index (χ1n) is 7.00. The van der Waals surface area contributed by atoms with Crippen molar-refractivity contribution in [3.05, 3.63) is 0 Å². The summed E-state index contributed by atoms with van der Waals surface area (Å²) in [5, 5.41) is 2.94. The summed E-state index contributed by atoms with van der Waals surface area (Å²) in [6.07, 6.45) is 3.31. The average Bonchev–Trinajstić information content (AvgIpc) is 2.91. The monoisotopic (exact) mass is 305 g/mol. The molecular weight excluding hydrogens is 282 g/mol. The van der Waals surface area contributed by atoms with Crippen molar-refractivity contribution in [3.63, 3.8) is 0 Å². The number of rotatable bonds is 3. The third kappa shape index (κ3) is 3.83. The number of nitrogens with zero attached hydrogens (tertiary/aromatic N) is 2. The number of amides is 2. The van der Waals surface area contributed by atoms with Gasteiger partial charge in [0.25, 0.3) is 0 Å². The maximum Gasteiger partial charge on any atom is 0.317 e. The smallest absolute Gasteiger partial charge is 0.317 e. The van der Waals surface area contributed by atoms with E-state index >= 15 is 0 Å². The lowest BCUT2D eigenvalue weighted by atomic mass is 10.1. The molecule has 20 heavy (non-hydrogen) atoms. The standard InChI is InChI=1S/C12H23N3O4S/c1-10(11-4-3-9-19-11)13-12(16)14-5-7-15(8-6-14)20(2,17)18/h10-11H,3-9H2,1-2H3,(H,13,16)/t10-,11+/m0/s1. The van der Waals surface area contributed by atoms with Crippen molar-refractivity contribution in [3.8, 4) is 0 Å². The van der Waals surface area contributed by atoms with Crippen LogP contribution in [0.25, 0.3) is 0 Å². The Hall–Kier alpha value is -0.860. The van der Waals surface area contributed by atoms with Crippen LogP contribution >= 0.6 is 0 Å². The molecule has 0 unspecified atom stereocenters. The van der Waals surface area contributed by atoms with Crippen LogP contribution in [0.5, 0.6) is 0 Å². The fourth-order valence-corrected chi connectivity index (χ4v) is 3.43. The van der Waals surface area contributed by atoms with Crippen LogP contribution in [0.1, 0.15) is 19.8 Å². The number of hydrogen-bond donors (Lipinski definition) is 1. The highest BCUT2D eigenvalue weighted by molar-refractivity contribution is 7.88. The normalized spacial score (nSPS) is 26.5. The molecule has 8 heteroatoms. The van der Waals surface area contributed by atoms with Gasteiger partial charge in [-0.3, -0.25) is 0 Å². The zero-order valence-corrected chi connectivity index (χ0v) is 12.9. The summed E-state index contributed by atoms with van der Waals surface area (Å²) in [5.74, 6) is 0. The Morgan fingerprint density at radius 1 is 1.30 bits per heavy atom. The number of hydrogen-bond acceptors (Lipinski definition) is 4. The van der Waals surface area contributed by atoms with Gasteiger partial charge in [-0.15, -0.1) is 0 Å². The summed E-state index contributed by atoms with van der Waals surface area (Å²) in [4.78, 5) is 13.8. The quantitative estimate of drug-likeness (QED) is 0.786. The first kappa shape index (κ1) is 15.5. The molecule has 0 aromatic carbocycles. The molecule has 2 aliphatic rings. The van der Waals surface area contributed by atoms with E-state index in [2.05, 4.69) is 5.32 Å². The fourth-order valence-electron chi connectivity index (χ4n) is 2.60. The van der Waals surface area contributed by atoms with E-state index in [0.717, 1.165) is 19.4 Å². The average molecular weight is 305 g/mol. The third-order valence-electron chi connectivity index (χ3n) is 3.87. The van der Waals surface area contributed by atoms with Gasteiger partial charge in [-0.05, 0) is 19.8 Å². The molecule has 0 radical (unpaired) electrons. The first-order chi connectivity index (χ1) is 9.38. The van der Waals surface area contributed by atoms with Crippen LogP contribution in [0.3, 0.4) is 0 Å². The highest BCUT2D eigenvalue weighted by atomic mass is 32.2. The number of urea groups is 1. The molecule has 0 aromatic rings. The van der Waals surface area contributed by atoms with Crippen molar-refractivity contribution < 1.29 is 17.9 Å². The summed E-state index contributed by atoms with van der Waals surface area (Å²) in [7, 11) is -3.16. The molecule has 1 N–H and O–H groups in total. The minimum absolute atomic E-state index is 0.0158. The van der Waals surface area contributed by atoms with Crippen LogP contribution in [0.4, 0.5) is 4.79 Å². The van der Waals surface area contributed by atoms with Crippen LogP contribution in [0.2, 0.25) is 0 Å². The minimum atomic E-state index is -3.16. The largest absolute Gasteiger partial charge is 0.376 e. The Morgan fingerprint density at radius 2 is 1.95 bits per heavy atom. The Morgan fingerprint density at radius 3 is 2.45 bits per heavy atom. The molecule has 7 nitrogen and oxygen atoms in total. The van der Waals surface area contributed by atoms with Gasteiger partial charge in [-0.2, -0.15) is 4.31 Å². The maximum atomic E-state index is 12.1. The van der Waals surface area contributed by atoms with Crippen LogP contribution in [0.15, 0.2) is 0 Å². The van der Waals surface area contributed by atoms with E-state index in [9.17, 15) is 13.2 Å².